The Balaban J connectivity index is 2.18. The van der Waals surface area contributed by atoms with E-state index in [1.54, 1.807) is 0 Å². The predicted molar refractivity (Wildman–Crippen MR) is 70.8 cm³/mol. The Morgan fingerprint density at radius 3 is 2.56 bits per heavy atom. The number of hydrogen-bond donors (Lipinski definition) is 3. The molecule has 1 rings (SSSR count). The Labute approximate surface area is 99.6 Å². The number of benzene rings is 1. The smallest absolute Gasteiger partial charge is 0.193 e. The van der Waals surface area contributed by atoms with Gasteiger partial charge in [-0.25, -0.2) is 0 Å². The van der Waals surface area contributed by atoms with Crippen LogP contribution in [0.4, 0.5) is 0 Å². The number of rotatable bonds is 4. The van der Waals surface area contributed by atoms with Gasteiger partial charge in [0.1, 0.15) is 0 Å². The number of thioether (sulfide) groups is 1. The zero-order chi connectivity index (χ0) is 11.8. The second-order valence-corrected chi connectivity index (χ2v) is 4.36. The van der Waals surface area contributed by atoms with Gasteiger partial charge < -0.3 is 11.5 Å². The van der Waals surface area contributed by atoms with Gasteiger partial charge in [0.2, 0.25) is 0 Å². The van der Waals surface area contributed by atoms with E-state index < -0.39 is 0 Å². The molecule has 0 aromatic heterocycles. The van der Waals surface area contributed by atoms with Crippen LogP contribution in [0.2, 0.25) is 0 Å². The van der Waals surface area contributed by atoms with E-state index >= 15 is 0 Å². The summed E-state index contributed by atoms with van der Waals surface area (Å²) in [4.78, 5) is 3.64. The monoisotopic (exact) mass is 236 g/mol. The first-order valence-corrected chi connectivity index (χ1v) is 6.02. The molecule has 5 heteroatoms. The summed E-state index contributed by atoms with van der Waals surface area (Å²) in [5.74, 6) is 0.797. The van der Waals surface area contributed by atoms with Gasteiger partial charge in [-0.2, -0.15) is 4.99 Å². The minimum Gasteiger partial charge on any atom is -0.370 e. The summed E-state index contributed by atoms with van der Waals surface area (Å²) < 4.78 is 0. The molecule has 0 spiro atoms. The average Bonchev–Trinajstić information content (AvgIpc) is 2.25. The number of hydrogen-bond acceptors (Lipinski definition) is 2. The van der Waals surface area contributed by atoms with E-state index in [2.05, 4.69) is 17.1 Å². The highest BCUT2D eigenvalue weighted by atomic mass is 32.2. The van der Waals surface area contributed by atoms with Gasteiger partial charge in [-0.05, 0) is 18.4 Å². The van der Waals surface area contributed by atoms with Crippen LogP contribution in [-0.2, 0) is 6.42 Å². The van der Waals surface area contributed by atoms with Crippen molar-refractivity contribution in [3.63, 3.8) is 0 Å². The minimum absolute atomic E-state index is 0.0550. The summed E-state index contributed by atoms with van der Waals surface area (Å²) in [5, 5.41) is 7.59. The number of guanidine groups is 1. The number of aryl methyl sites for hydroxylation is 1. The molecule has 0 fully saturated rings. The lowest BCUT2D eigenvalue weighted by atomic mass is 10.1. The van der Waals surface area contributed by atoms with Crippen LogP contribution in [0.25, 0.3) is 0 Å². The SMILES string of the molecule is N=C(N=C(N)N)SCCCc1ccccc1. The van der Waals surface area contributed by atoms with Crippen LogP contribution in [0.5, 0.6) is 0 Å². The average molecular weight is 236 g/mol. The summed E-state index contributed by atoms with van der Waals surface area (Å²) in [7, 11) is 0. The molecule has 1 aromatic rings. The van der Waals surface area contributed by atoms with Crippen molar-refractivity contribution in [2.24, 2.45) is 16.5 Å². The fourth-order valence-electron chi connectivity index (χ4n) is 1.24. The number of nitrogens with two attached hydrogens (primary N) is 2. The molecule has 0 aliphatic carbocycles. The molecule has 0 aliphatic heterocycles. The third-order valence-corrected chi connectivity index (χ3v) is 2.78. The van der Waals surface area contributed by atoms with Crippen molar-refractivity contribution in [3.8, 4) is 0 Å². The van der Waals surface area contributed by atoms with Gasteiger partial charge in [0.05, 0.1) is 0 Å². The third-order valence-electron chi connectivity index (χ3n) is 1.92. The maximum atomic E-state index is 7.42. The van der Waals surface area contributed by atoms with Crippen molar-refractivity contribution in [2.45, 2.75) is 12.8 Å². The summed E-state index contributed by atoms with van der Waals surface area (Å²) in [6, 6.07) is 10.3. The highest BCUT2D eigenvalue weighted by Gasteiger charge is 1.97. The first-order chi connectivity index (χ1) is 7.68. The van der Waals surface area contributed by atoms with Crippen LogP contribution in [0, 0.1) is 5.41 Å². The summed E-state index contributed by atoms with van der Waals surface area (Å²) in [5.41, 5.74) is 11.6. The first-order valence-electron chi connectivity index (χ1n) is 5.03. The number of nitrogens with zero attached hydrogens (tertiary/aromatic N) is 1. The lowest BCUT2D eigenvalue weighted by Crippen LogP contribution is -2.23. The summed E-state index contributed by atoms with van der Waals surface area (Å²) in [6.07, 6.45) is 2.03. The molecule has 0 heterocycles. The summed E-state index contributed by atoms with van der Waals surface area (Å²) >= 11 is 1.36. The maximum absolute atomic E-state index is 7.42. The Morgan fingerprint density at radius 1 is 1.25 bits per heavy atom. The molecular weight excluding hydrogens is 220 g/mol. The Bertz CT molecular complexity index is 358. The predicted octanol–water partition coefficient (Wildman–Crippen LogP) is 1.56. The molecule has 16 heavy (non-hydrogen) atoms. The van der Waals surface area contributed by atoms with Crippen molar-refractivity contribution in [3.05, 3.63) is 35.9 Å². The van der Waals surface area contributed by atoms with Crippen LogP contribution in [0.3, 0.4) is 0 Å². The van der Waals surface area contributed by atoms with E-state index in [0.29, 0.717) is 0 Å². The van der Waals surface area contributed by atoms with Crippen molar-refractivity contribution < 1.29 is 0 Å². The molecule has 0 aliphatic rings. The highest BCUT2D eigenvalue weighted by molar-refractivity contribution is 8.13. The van der Waals surface area contributed by atoms with Gasteiger partial charge in [0.15, 0.2) is 11.1 Å². The lowest BCUT2D eigenvalue weighted by Gasteiger charge is -2.00. The van der Waals surface area contributed by atoms with E-state index in [9.17, 15) is 0 Å². The van der Waals surface area contributed by atoms with Gasteiger partial charge in [-0.1, -0.05) is 42.1 Å². The summed E-state index contributed by atoms with van der Waals surface area (Å²) in [6.45, 7) is 0. The van der Waals surface area contributed by atoms with Crippen LogP contribution in [-0.4, -0.2) is 16.9 Å². The van der Waals surface area contributed by atoms with Gasteiger partial charge in [-0.3, -0.25) is 5.41 Å². The number of amidine groups is 1. The molecule has 0 saturated carbocycles. The quantitative estimate of drug-likeness (QED) is 0.421. The molecule has 0 unspecified atom stereocenters. The second kappa shape index (κ2) is 6.90. The first kappa shape index (κ1) is 12.6. The van der Waals surface area contributed by atoms with Gasteiger partial charge >= 0.3 is 0 Å². The zero-order valence-corrected chi connectivity index (χ0v) is 9.83. The fourth-order valence-corrected chi connectivity index (χ4v) is 1.89. The van der Waals surface area contributed by atoms with Crippen molar-refractivity contribution >= 4 is 22.9 Å². The highest BCUT2D eigenvalue weighted by Crippen LogP contribution is 2.09. The minimum atomic E-state index is -0.0550. The zero-order valence-electron chi connectivity index (χ0n) is 9.02. The Morgan fingerprint density at radius 2 is 1.94 bits per heavy atom. The van der Waals surface area contributed by atoms with Gasteiger partial charge in [0, 0.05) is 5.75 Å². The van der Waals surface area contributed by atoms with Crippen molar-refractivity contribution in [1.82, 2.24) is 0 Å². The molecule has 0 saturated heterocycles. The van der Waals surface area contributed by atoms with Crippen molar-refractivity contribution in [1.29, 1.82) is 5.41 Å². The molecule has 0 amide bonds. The molecule has 0 atom stereocenters. The van der Waals surface area contributed by atoms with Gasteiger partial charge in [-0.15, -0.1) is 0 Å². The maximum Gasteiger partial charge on any atom is 0.193 e. The molecule has 5 N–H and O–H groups in total. The standard InChI is InChI=1S/C11H16N4S/c12-10(13)15-11(14)16-8-4-7-9-5-2-1-3-6-9/h1-3,5-6H,4,7-8H2,(H5,12,13,14,15). The lowest BCUT2D eigenvalue weighted by molar-refractivity contribution is 0.935. The van der Waals surface area contributed by atoms with E-state index in [4.69, 9.17) is 16.9 Å². The molecule has 86 valence electrons. The normalized spacial score (nSPS) is 9.75. The fraction of sp³-hybridized carbons (Fsp3) is 0.273. The van der Waals surface area contributed by atoms with E-state index in [1.165, 1.54) is 17.3 Å². The van der Waals surface area contributed by atoms with Crippen LogP contribution in [0.15, 0.2) is 35.3 Å². The molecular formula is C11H16N4S. The Kier molecular flexibility index (Phi) is 5.42. The van der Waals surface area contributed by atoms with Gasteiger partial charge in [0.25, 0.3) is 0 Å². The van der Waals surface area contributed by atoms with Crippen LogP contribution < -0.4 is 11.5 Å². The number of aliphatic imine (C=N–C) groups is 1. The molecule has 4 nitrogen and oxygen atoms in total. The molecule has 1 aromatic carbocycles. The van der Waals surface area contributed by atoms with E-state index in [1.807, 2.05) is 18.2 Å². The molecule has 0 radical (unpaired) electrons. The molecule has 0 bridgehead atoms. The topological polar surface area (TPSA) is 88.2 Å². The van der Waals surface area contributed by atoms with Crippen LogP contribution >= 0.6 is 11.8 Å². The largest absolute Gasteiger partial charge is 0.370 e. The number of nitrogens with one attached hydrogen (secondary N) is 1. The van der Waals surface area contributed by atoms with Crippen LogP contribution in [0.1, 0.15) is 12.0 Å². The Hall–Kier alpha value is -1.49. The van der Waals surface area contributed by atoms with E-state index in [0.717, 1.165) is 18.6 Å². The third kappa shape index (κ3) is 5.41. The second-order valence-electron chi connectivity index (χ2n) is 3.28. The van der Waals surface area contributed by atoms with E-state index in [-0.39, 0.29) is 11.1 Å². The van der Waals surface area contributed by atoms with Crippen molar-refractivity contribution in [2.75, 3.05) is 5.75 Å².